The molecule has 0 saturated carbocycles. The molecule has 0 aromatic heterocycles. The quantitative estimate of drug-likeness (QED) is 0.507. The maximum atomic E-state index is 13.1. The molecular weight excluding hydrogens is 408 g/mol. The minimum absolute atomic E-state index is 0.0535. The van der Waals surface area contributed by atoms with E-state index in [0.29, 0.717) is 22.8 Å². The summed E-state index contributed by atoms with van der Waals surface area (Å²) in [6.45, 7) is 8.65. The Bertz CT molecular complexity index is 909. The van der Waals surface area contributed by atoms with Gasteiger partial charge in [0.05, 0.1) is 23.3 Å². The number of ether oxygens (including phenoxy) is 2. The second kappa shape index (κ2) is 8.16. The Balaban J connectivity index is 2.05. The van der Waals surface area contributed by atoms with E-state index in [4.69, 9.17) is 21.1 Å². The number of allylic oxidation sites excluding steroid dienone is 4. The number of hydrogen-bond acceptors (Lipinski definition) is 6. The summed E-state index contributed by atoms with van der Waals surface area (Å²) in [5.41, 5.74) is -0.687. The Labute approximate surface area is 181 Å². The van der Waals surface area contributed by atoms with Crippen molar-refractivity contribution >= 4 is 29.1 Å². The van der Waals surface area contributed by atoms with Gasteiger partial charge < -0.3 is 14.6 Å². The van der Waals surface area contributed by atoms with E-state index >= 15 is 0 Å². The molecule has 2 aliphatic heterocycles. The number of aliphatic hydroxyl groups excluding tert-OH is 1. The second-order valence-electron chi connectivity index (χ2n) is 8.45. The Morgan fingerprint density at radius 2 is 2.00 bits per heavy atom. The van der Waals surface area contributed by atoms with E-state index in [2.05, 4.69) is 13.8 Å². The van der Waals surface area contributed by atoms with Gasteiger partial charge >= 0.3 is 5.97 Å². The number of hydrogen-bond donors (Lipinski definition) is 1. The Morgan fingerprint density at radius 3 is 2.60 bits per heavy atom. The molecule has 0 aromatic carbocycles. The van der Waals surface area contributed by atoms with Crippen molar-refractivity contribution in [2.75, 3.05) is 0 Å². The van der Waals surface area contributed by atoms with Gasteiger partial charge in [0, 0.05) is 17.1 Å². The van der Waals surface area contributed by atoms with E-state index in [9.17, 15) is 19.5 Å². The van der Waals surface area contributed by atoms with Gasteiger partial charge in [-0.2, -0.15) is 0 Å². The van der Waals surface area contributed by atoms with Gasteiger partial charge in [0.15, 0.2) is 11.4 Å². The van der Waals surface area contributed by atoms with E-state index in [1.165, 1.54) is 20.1 Å². The van der Waals surface area contributed by atoms with Gasteiger partial charge in [-0.15, -0.1) is 0 Å². The molecule has 162 valence electrons. The summed E-state index contributed by atoms with van der Waals surface area (Å²) in [5.74, 6) is -3.83. The lowest BCUT2D eigenvalue weighted by molar-refractivity contribution is -0.157. The third-order valence-corrected chi connectivity index (χ3v) is 6.72. The smallest absolute Gasteiger partial charge is 0.318 e. The van der Waals surface area contributed by atoms with E-state index in [1.807, 2.05) is 12.2 Å². The Hall–Kier alpha value is -2.18. The minimum Gasteiger partial charge on any atom is -0.465 e. The molecule has 0 radical (unpaired) electrons. The molecule has 0 aromatic rings. The summed E-state index contributed by atoms with van der Waals surface area (Å²) in [4.78, 5) is 38.8. The van der Waals surface area contributed by atoms with Crippen LogP contribution >= 0.6 is 11.6 Å². The number of esters is 1. The van der Waals surface area contributed by atoms with Gasteiger partial charge in [0.1, 0.15) is 11.7 Å². The fourth-order valence-electron chi connectivity index (χ4n) is 3.96. The maximum absolute atomic E-state index is 13.1. The zero-order valence-corrected chi connectivity index (χ0v) is 18.5. The van der Waals surface area contributed by atoms with Crippen LogP contribution in [0.1, 0.15) is 41.0 Å². The van der Waals surface area contributed by atoms with Crippen LogP contribution in [0.5, 0.6) is 0 Å². The first-order valence-electron chi connectivity index (χ1n) is 10.2. The van der Waals surface area contributed by atoms with Crippen LogP contribution in [0.3, 0.4) is 0 Å². The van der Waals surface area contributed by atoms with E-state index in [-0.39, 0.29) is 5.03 Å². The fourth-order valence-corrected chi connectivity index (χ4v) is 4.31. The summed E-state index contributed by atoms with van der Waals surface area (Å²) in [6, 6.07) is 0. The maximum Gasteiger partial charge on any atom is 0.318 e. The van der Waals surface area contributed by atoms with Crippen LogP contribution in [-0.2, 0) is 23.9 Å². The molecule has 1 aliphatic carbocycles. The highest BCUT2D eigenvalue weighted by Gasteiger charge is 2.64. The van der Waals surface area contributed by atoms with Gasteiger partial charge in [-0.1, -0.05) is 44.9 Å². The summed E-state index contributed by atoms with van der Waals surface area (Å²) < 4.78 is 11.2. The summed E-state index contributed by atoms with van der Waals surface area (Å²) in [6.07, 6.45) is 6.93. The molecule has 6 atom stereocenters. The molecule has 0 bridgehead atoms. The normalized spacial score (nSPS) is 31.3. The van der Waals surface area contributed by atoms with Gasteiger partial charge in [0.2, 0.25) is 5.78 Å². The number of ketones is 2. The summed E-state index contributed by atoms with van der Waals surface area (Å²) in [7, 11) is 0. The van der Waals surface area contributed by atoms with Gasteiger partial charge in [-0.25, -0.2) is 0 Å². The molecule has 6 nitrogen and oxygen atoms in total. The van der Waals surface area contributed by atoms with Crippen molar-refractivity contribution in [3.63, 3.8) is 0 Å². The van der Waals surface area contributed by atoms with Crippen molar-refractivity contribution in [3.8, 4) is 0 Å². The van der Waals surface area contributed by atoms with Crippen molar-refractivity contribution in [1.29, 1.82) is 0 Å². The van der Waals surface area contributed by atoms with Crippen LogP contribution in [0.2, 0.25) is 0 Å². The van der Waals surface area contributed by atoms with Crippen LogP contribution < -0.4 is 0 Å². The fraction of sp³-hybridized carbons (Fsp3) is 0.522. The number of carbonyl (C=O) groups excluding carboxylic acids is 3. The number of aliphatic hydroxyl groups is 1. The van der Waals surface area contributed by atoms with Crippen molar-refractivity contribution in [2.45, 2.75) is 52.7 Å². The molecule has 1 saturated heterocycles. The first-order valence-corrected chi connectivity index (χ1v) is 10.6. The summed E-state index contributed by atoms with van der Waals surface area (Å²) >= 11 is 6.39. The average molecular weight is 435 g/mol. The van der Waals surface area contributed by atoms with Gasteiger partial charge in [0.25, 0.3) is 0 Å². The topological polar surface area (TPSA) is 89.9 Å². The van der Waals surface area contributed by atoms with Crippen LogP contribution in [0.25, 0.3) is 0 Å². The van der Waals surface area contributed by atoms with Crippen molar-refractivity contribution in [3.05, 3.63) is 46.4 Å². The van der Waals surface area contributed by atoms with E-state index in [1.54, 1.807) is 13.0 Å². The minimum atomic E-state index is -1.59. The number of halogens is 1. The highest BCUT2D eigenvalue weighted by atomic mass is 35.5. The van der Waals surface area contributed by atoms with Crippen LogP contribution in [-0.4, -0.2) is 34.3 Å². The summed E-state index contributed by atoms with van der Waals surface area (Å²) in [5, 5.41) is 9.80. The lowest BCUT2D eigenvalue weighted by atomic mass is 9.66. The lowest BCUT2D eigenvalue weighted by Crippen LogP contribution is -2.48. The zero-order chi connectivity index (χ0) is 22.4. The number of fused-ring (bicyclic) bond motifs is 3. The van der Waals surface area contributed by atoms with Crippen molar-refractivity contribution < 1.29 is 29.0 Å². The zero-order valence-electron chi connectivity index (χ0n) is 17.8. The molecule has 3 aliphatic rings. The van der Waals surface area contributed by atoms with Crippen molar-refractivity contribution in [1.82, 2.24) is 0 Å². The monoisotopic (exact) mass is 434 g/mol. The molecule has 3 rings (SSSR count). The molecule has 0 unspecified atom stereocenters. The predicted molar refractivity (Wildman–Crippen MR) is 111 cm³/mol. The Kier molecular flexibility index (Phi) is 6.12. The van der Waals surface area contributed by atoms with E-state index < -0.39 is 47.0 Å². The predicted octanol–water partition coefficient (Wildman–Crippen LogP) is 3.60. The number of carbonyl (C=O) groups is 3. The van der Waals surface area contributed by atoms with Crippen molar-refractivity contribution in [2.24, 2.45) is 23.7 Å². The van der Waals surface area contributed by atoms with Crippen LogP contribution in [0.15, 0.2) is 46.4 Å². The molecule has 0 amide bonds. The number of rotatable bonds is 6. The van der Waals surface area contributed by atoms with E-state index in [0.717, 1.165) is 6.42 Å². The first kappa shape index (κ1) is 22.5. The molecule has 30 heavy (non-hydrogen) atoms. The van der Waals surface area contributed by atoms with Crippen LogP contribution in [0, 0.1) is 23.7 Å². The molecule has 7 heteroatoms. The third-order valence-electron chi connectivity index (χ3n) is 6.35. The van der Waals surface area contributed by atoms with Gasteiger partial charge in [-0.05, 0) is 31.9 Å². The number of Topliss-reactive ketones (excluding diaryl/α,β-unsaturated/α-hetero) is 2. The standard InChI is InChI=1S/C23H27ClO6/c1-6-11(2)7-8-14-9-15-16(10-29-14)18-17(20(26)12(3)13(4)25)22(28)30-23(18,5)21(27)19(15)24/h7-13,17-18,25H,6H2,1-5H3/b8-7+/t11-,12-,13+,17+,18-,23-/m1/s1. The first-order chi connectivity index (χ1) is 14.0. The molecular formula is C23H27ClO6. The van der Waals surface area contributed by atoms with Crippen LogP contribution in [0.4, 0.5) is 0 Å². The third kappa shape index (κ3) is 3.56. The molecule has 1 fully saturated rings. The molecule has 1 N–H and O–H groups in total. The van der Waals surface area contributed by atoms with Gasteiger partial charge in [-0.3, -0.25) is 14.4 Å². The molecule has 2 heterocycles. The highest BCUT2D eigenvalue weighted by molar-refractivity contribution is 6.45. The molecule has 0 spiro atoms. The second-order valence-corrected chi connectivity index (χ2v) is 8.83. The Morgan fingerprint density at radius 1 is 1.33 bits per heavy atom. The lowest BCUT2D eigenvalue weighted by Gasteiger charge is -2.37. The average Bonchev–Trinajstić information content (AvgIpc) is 3.00. The highest BCUT2D eigenvalue weighted by Crippen LogP contribution is 2.52. The largest absolute Gasteiger partial charge is 0.465 e. The SMILES string of the molecule is CC[C@@H](C)/C=C/C1=CC2=C(Cl)C(=O)[C@]3(C)OC(=O)[C@H](C(=O)[C@H](C)[C@H](C)O)[C@H]3C2=CO1.